The van der Waals surface area contributed by atoms with Gasteiger partial charge in [-0.25, -0.2) is 0 Å². The monoisotopic (exact) mass is 590 g/mol. The highest BCUT2D eigenvalue weighted by Crippen LogP contribution is 2.73. The molecule has 2 nitrogen and oxygen atoms in total. The van der Waals surface area contributed by atoms with Crippen molar-refractivity contribution in [2.24, 2.45) is 82.9 Å². The first-order valence-electron chi connectivity index (χ1n) is 20.5. The van der Waals surface area contributed by atoms with Crippen LogP contribution < -0.4 is 0 Å². The first-order valence-corrected chi connectivity index (χ1v) is 20.5. The molecule has 0 saturated heterocycles. The van der Waals surface area contributed by atoms with Gasteiger partial charge in [0.25, 0.3) is 0 Å². The zero-order chi connectivity index (χ0) is 28.8. The van der Waals surface area contributed by atoms with Crippen LogP contribution in [0.1, 0.15) is 142 Å². The summed E-state index contributed by atoms with van der Waals surface area (Å²) in [6.45, 7) is 5.73. The molecular weight excluding hydrogens is 522 g/mol. The van der Waals surface area contributed by atoms with Gasteiger partial charge in [-0.1, -0.05) is 65.2 Å². The van der Waals surface area contributed by atoms with E-state index in [4.69, 9.17) is 4.74 Å². The van der Waals surface area contributed by atoms with Crippen molar-refractivity contribution in [3.8, 4) is 0 Å². The summed E-state index contributed by atoms with van der Waals surface area (Å²) in [4.78, 5) is 3.31. The van der Waals surface area contributed by atoms with E-state index < -0.39 is 0 Å². The maximum absolute atomic E-state index is 5.88. The summed E-state index contributed by atoms with van der Waals surface area (Å²) < 4.78 is 5.88. The van der Waals surface area contributed by atoms with Gasteiger partial charge in [-0.15, -0.1) is 0 Å². The second kappa shape index (κ2) is 11.6. The van der Waals surface area contributed by atoms with Crippen LogP contribution in [0.25, 0.3) is 0 Å². The van der Waals surface area contributed by atoms with E-state index in [1.165, 1.54) is 57.8 Å². The van der Waals surface area contributed by atoms with Crippen LogP contribution >= 0.6 is 0 Å². The molecule has 15 atom stereocenters. The second-order valence-electron chi connectivity index (χ2n) is 18.6. The topological polar surface area (TPSA) is 12.5 Å². The lowest BCUT2D eigenvalue weighted by molar-refractivity contribution is -0.0669. The largest absolute Gasteiger partial charge is 0.381 e. The van der Waals surface area contributed by atoms with Crippen molar-refractivity contribution in [3.63, 3.8) is 0 Å². The molecule has 43 heavy (non-hydrogen) atoms. The van der Waals surface area contributed by atoms with Crippen molar-refractivity contribution in [2.45, 2.75) is 166 Å². The summed E-state index contributed by atoms with van der Waals surface area (Å²) in [6, 6.07) is 2.64. The van der Waals surface area contributed by atoms with Crippen LogP contribution in [-0.4, -0.2) is 36.2 Å². The van der Waals surface area contributed by atoms with Gasteiger partial charge in [0.2, 0.25) is 0 Å². The quantitative estimate of drug-likeness (QED) is 0.323. The molecule has 0 radical (unpaired) electrons. The van der Waals surface area contributed by atoms with Crippen molar-refractivity contribution in [2.75, 3.05) is 7.11 Å². The Morgan fingerprint density at radius 1 is 0.419 bits per heavy atom. The zero-order valence-electron chi connectivity index (χ0n) is 28.4. The summed E-state index contributed by atoms with van der Waals surface area (Å²) >= 11 is 0. The van der Waals surface area contributed by atoms with Gasteiger partial charge in [0.15, 0.2) is 0 Å². The Morgan fingerprint density at radius 2 is 0.930 bits per heavy atom. The normalized spacial score (nSPS) is 56.2. The molecule has 0 aromatic rings. The maximum atomic E-state index is 5.88. The molecule has 9 aliphatic rings. The highest BCUT2D eigenvalue weighted by molar-refractivity contribution is 5.16. The molecule has 0 aliphatic heterocycles. The SMILES string of the molecule is COC1CCC(N(C2CCCCC2)C2CCC3C4C(CCCC42)C2C(C)C4C5CCCC6CCCC(C65)C4C(C)C32)CC1. The van der Waals surface area contributed by atoms with Gasteiger partial charge in [-0.3, -0.25) is 4.90 Å². The third kappa shape index (κ3) is 4.42. The van der Waals surface area contributed by atoms with Gasteiger partial charge in [-0.2, -0.15) is 0 Å². The van der Waals surface area contributed by atoms with E-state index in [1.807, 2.05) is 7.11 Å². The minimum absolute atomic E-state index is 0.530. The third-order valence-corrected chi connectivity index (χ3v) is 17.7. The van der Waals surface area contributed by atoms with Gasteiger partial charge < -0.3 is 4.74 Å². The Morgan fingerprint density at radius 3 is 1.53 bits per heavy atom. The number of nitrogens with zero attached hydrogens (tertiary/aromatic N) is 1. The predicted octanol–water partition coefficient (Wildman–Crippen LogP) is 10.0. The van der Waals surface area contributed by atoms with Crippen LogP contribution in [0.15, 0.2) is 0 Å². The highest BCUT2D eigenvalue weighted by Gasteiger charge is 2.68. The fourth-order valence-electron chi connectivity index (χ4n) is 16.9. The molecule has 242 valence electrons. The maximum Gasteiger partial charge on any atom is 0.0572 e. The Kier molecular flexibility index (Phi) is 7.82. The van der Waals surface area contributed by atoms with E-state index in [0.717, 1.165) is 101 Å². The molecule has 0 bridgehead atoms. The molecule has 0 spiro atoms. The summed E-state index contributed by atoms with van der Waals surface area (Å²) in [5.74, 6) is 15.1. The number of fused-ring (bicyclic) bond motifs is 6. The molecule has 15 unspecified atom stereocenters. The molecule has 9 fully saturated rings. The molecule has 2 heteroatoms. The van der Waals surface area contributed by atoms with Crippen molar-refractivity contribution in [1.82, 2.24) is 4.90 Å². The minimum Gasteiger partial charge on any atom is -0.381 e. The van der Waals surface area contributed by atoms with Gasteiger partial charge in [0.1, 0.15) is 0 Å². The van der Waals surface area contributed by atoms with Crippen molar-refractivity contribution >= 4 is 0 Å². The average molecular weight is 590 g/mol. The van der Waals surface area contributed by atoms with E-state index >= 15 is 0 Å². The van der Waals surface area contributed by atoms with Crippen LogP contribution in [0, 0.1) is 82.9 Å². The van der Waals surface area contributed by atoms with Crippen LogP contribution in [0.4, 0.5) is 0 Å². The minimum atomic E-state index is 0.530. The van der Waals surface area contributed by atoms with Gasteiger partial charge in [0.05, 0.1) is 6.10 Å². The summed E-state index contributed by atoms with van der Waals surface area (Å²) in [6.07, 6.45) is 30.8. The third-order valence-electron chi connectivity index (χ3n) is 17.7. The number of hydrogen-bond acceptors (Lipinski definition) is 2. The lowest BCUT2D eigenvalue weighted by Crippen LogP contribution is -2.58. The molecule has 9 saturated carbocycles. The van der Waals surface area contributed by atoms with Gasteiger partial charge in [-0.05, 0) is 160 Å². The Hall–Kier alpha value is -0.0800. The number of rotatable bonds is 4. The van der Waals surface area contributed by atoms with E-state index in [9.17, 15) is 0 Å². The van der Waals surface area contributed by atoms with E-state index in [2.05, 4.69) is 18.7 Å². The lowest BCUT2D eigenvalue weighted by atomic mass is 9.54. The first kappa shape index (κ1) is 29.1. The van der Waals surface area contributed by atoms with E-state index in [-0.39, 0.29) is 0 Å². The average Bonchev–Trinajstić information content (AvgIpc) is 3.58. The molecule has 0 aromatic carbocycles. The molecule has 0 heterocycles. The van der Waals surface area contributed by atoms with Crippen molar-refractivity contribution in [1.29, 1.82) is 0 Å². The molecule has 0 amide bonds. The Balaban J connectivity index is 1.02. The summed E-state index contributed by atoms with van der Waals surface area (Å²) in [5, 5.41) is 0. The zero-order valence-corrected chi connectivity index (χ0v) is 28.4. The number of methoxy groups -OCH3 is 1. The van der Waals surface area contributed by atoms with Crippen LogP contribution in [0.3, 0.4) is 0 Å². The van der Waals surface area contributed by atoms with Gasteiger partial charge in [0, 0.05) is 25.2 Å². The van der Waals surface area contributed by atoms with Crippen LogP contribution in [0.2, 0.25) is 0 Å². The molecule has 0 N–H and O–H groups in total. The number of hydrogen-bond donors (Lipinski definition) is 0. The van der Waals surface area contributed by atoms with Crippen molar-refractivity contribution in [3.05, 3.63) is 0 Å². The highest BCUT2D eigenvalue weighted by atomic mass is 16.5. The number of ether oxygens (including phenoxy) is 1. The molecule has 0 aromatic heterocycles. The summed E-state index contributed by atoms with van der Waals surface area (Å²) in [5.41, 5.74) is 0. The second-order valence-corrected chi connectivity index (χ2v) is 18.6. The summed E-state index contributed by atoms with van der Waals surface area (Å²) in [7, 11) is 1.96. The van der Waals surface area contributed by atoms with Gasteiger partial charge >= 0.3 is 0 Å². The smallest absolute Gasteiger partial charge is 0.0572 e. The van der Waals surface area contributed by atoms with Crippen molar-refractivity contribution < 1.29 is 4.74 Å². The predicted molar refractivity (Wildman–Crippen MR) is 177 cm³/mol. The van der Waals surface area contributed by atoms with E-state index in [0.29, 0.717) is 6.10 Å². The van der Waals surface area contributed by atoms with Crippen LogP contribution in [-0.2, 0) is 4.74 Å². The fraction of sp³-hybridized carbons (Fsp3) is 1.00. The Labute approximate surface area is 265 Å². The van der Waals surface area contributed by atoms with E-state index in [1.54, 1.807) is 70.6 Å². The Bertz CT molecular complexity index is 942. The lowest BCUT2D eigenvalue weighted by Gasteiger charge is -2.55. The molecule has 9 aliphatic carbocycles. The molecule has 9 rings (SSSR count). The first-order chi connectivity index (χ1) is 21.2. The standard InChI is InChI=1S/C41H67NO/c1-24-36-31-15-7-10-26-11-8-16-32(40(26)31)37(36)25(2)39-34-22-23-35(30-14-9-17-33(38(24)39)41(30)34)42(27-12-5-4-6-13-27)28-18-20-29(43-3)21-19-28/h24-41H,4-23H2,1-3H3. The molecular formula is C41H67NO. The fourth-order valence-corrected chi connectivity index (χ4v) is 16.9. The van der Waals surface area contributed by atoms with Crippen LogP contribution in [0.5, 0.6) is 0 Å².